The van der Waals surface area contributed by atoms with Crippen LogP contribution in [0.3, 0.4) is 0 Å². The number of nitrogens with one attached hydrogen (secondary N) is 1. The lowest BCUT2D eigenvalue weighted by Crippen LogP contribution is -2.39. The van der Waals surface area contributed by atoms with E-state index in [1.54, 1.807) is 0 Å². The largest absolute Gasteiger partial charge is 0.389 e. The molecule has 0 radical (unpaired) electrons. The van der Waals surface area contributed by atoms with Crippen LogP contribution in [0.15, 0.2) is 6.20 Å². The summed E-state index contributed by atoms with van der Waals surface area (Å²) in [6.45, 7) is 11.5. The molecule has 0 aliphatic rings. The molecule has 104 valence electrons. The molecule has 0 saturated carbocycles. The van der Waals surface area contributed by atoms with E-state index in [1.807, 2.05) is 24.7 Å². The van der Waals surface area contributed by atoms with Crippen LogP contribution in [0.4, 0.5) is 0 Å². The number of aliphatic hydroxyl groups is 1. The molecule has 5 nitrogen and oxygen atoms in total. The predicted octanol–water partition coefficient (Wildman–Crippen LogP) is 1.67. The highest BCUT2D eigenvalue weighted by Crippen LogP contribution is 2.14. The zero-order chi connectivity index (χ0) is 13.8. The number of rotatable bonds is 6. The first-order valence-corrected chi connectivity index (χ1v) is 6.65. The van der Waals surface area contributed by atoms with E-state index < -0.39 is 5.60 Å². The van der Waals surface area contributed by atoms with Gasteiger partial charge in [-0.1, -0.05) is 19.1 Å². The van der Waals surface area contributed by atoms with Crippen molar-refractivity contribution in [2.45, 2.75) is 65.1 Å². The lowest BCUT2D eigenvalue weighted by molar-refractivity contribution is 0.0322. The van der Waals surface area contributed by atoms with Crippen LogP contribution in [-0.4, -0.2) is 32.2 Å². The van der Waals surface area contributed by atoms with Crippen LogP contribution in [0.1, 0.15) is 53.2 Å². The van der Waals surface area contributed by atoms with Crippen LogP contribution in [0, 0.1) is 0 Å². The predicted molar refractivity (Wildman–Crippen MR) is 72.3 cm³/mol. The van der Waals surface area contributed by atoms with Crippen molar-refractivity contribution < 1.29 is 5.11 Å². The molecular weight excluding hydrogens is 228 g/mol. The Hall–Kier alpha value is -0.940. The molecule has 0 bridgehead atoms. The highest BCUT2D eigenvalue weighted by atomic mass is 16.3. The van der Waals surface area contributed by atoms with E-state index in [9.17, 15) is 5.11 Å². The van der Waals surface area contributed by atoms with Gasteiger partial charge in [-0.2, -0.15) is 0 Å². The van der Waals surface area contributed by atoms with Crippen LogP contribution >= 0.6 is 0 Å². The lowest BCUT2D eigenvalue weighted by Gasteiger charge is -2.25. The van der Waals surface area contributed by atoms with Gasteiger partial charge >= 0.3 is 0 Å². The summed E-state index contributed by atoms with van der Waals surface area (Å²) in [5.74, 6) is 0. The Kier molecular flexibility index (Phi) is 4.87. The summed E-state index contributed by atoms with van der Waals surface area (Å²) in [4.78, 5) is 0. The first kappa shape index (κ1) is 15.1. The molecule has 1 aromatic heterocycles. The second-order valence-electron chi connectivity index (χ2n) is 5.86. The van der Waals surface area contributed by atoms with Gasteiger partial charge < -0.3 is 10.4 Å². The lowest BCUT2D eigenvalue weighted by atomic mass is 9.98. The zero-order valence-electron chi connectivity index (χ0n) is 12.2. The molecule has 0 atom stereocenters. The SMILES string of the molecule is CCC(O)(CC)CNCc1cn(C(C)(C)C)nn1. The minimum atomic E-state index is -0.611. The maximum atomic E-state index is 10.1. The molecule has 0 aromatic carbocycles. The standard InChI is InChI=1S/C13H26N4O/c1-6-13(18,7-2)10-14-8-11-9-17(16-15-11)12(3,4)5/h9,14,18H,6-8,10H2,1-5H3. The fraction of sp³-hybridized carbons (Fsp3) is 0.846. The van der Waals surface area contributed by atoms with Crippen LogP contribution in [0.5, 0.6) is 0 Å². The van der Waals surface area contributed by atoms with Crippen molar-refractivity contribution in [2.24, 2.45) is 0 Å². The van der Waals surface area contributed by atoms with E-state index in [0.29, 0.717) is 13.1 Å². The van der Waals surface area contributed by atoms with Gasteiger partial charge in [0.05, 0.1) is 23.0 Å². The molecule has 0 aliphatic carbocycles. The zero-order valence-corrected chi connectivity index (χ0v) is 12.2. The minimum Gasteiger partial charge on any atom is -0.389 e. The fourth-order valence-electron chi connectivity index (χ4n) is 1.63. The Morgan fingerprint density at radius 3 is 2.33 bits per heavy atom. The van der Waals surface area contributed by atoms with E-state index in [0.717, 1.165) is 18.5 Å². The Labute approximate surface area is 110 Å². The molecule has 5 heteroatoms. The Bertz CT molecular complexity index is 363. The second-order valence-corrected chi connectivity index (χ2v) is 5.86. The van der Waals surface area contributed by atoms with E-state index in [-0.39, 0.29) is 5.54 Å². The molecule has 0 aliphatic heterocycles. The van der Waals surface area contributed by atoms with Gasteiger partial charge in [-0.25, -0.2) is 4.68 Å². The van der Waals surface area contributed by atoms with Crippen molar-refractivity contribution in [1.82, 2.24) is 20.3 Å². The smallest absolute Gasteiger partial charge is 0.0965 e. The third-order valence-electron chi connectivity index (χ3n) is 3.30. The van der Waals surface area contributed by atoms with Crippen LogP contribution < -0.4 is 5.32 Å². The average Bonchev–Trinajstić information content (AvgIpc) is 2.77. The van der Waals surface area contributed by atoms with Gasteiger partial charge in [0.25, 0.3) is 0 Å². The monoisotopic (exact) mass is 254 g/mol. The van der Waals surface area contributed by atoms with Crippen molar-refractivity contribution in [1.29, 1.82) is 0 Å². The summed E-state index contributed by atoms with van der Waals surface area (Å²) in [7, 11) is 0. The number of nitrogens with zero attached hydrogens (tertiary/aromatic N) is 3. The summed E-state index contributed by atoms with van der Waals surface area (Å²) >= 11 is 0. The average molecular weight is 254 g/mol. The molecule has 0 spiro atoms. The molecular formula is C13H26N4O. The Balaban J connectivity index is 2.48. The highest BCUT2D eigenvalue weighted by molar-refractivity contribution is 4.94. The van der Waals surface area contributed by atoms with Crippen molar-refractivity contribution in [3.8, 4) is 0 Å². The van der Waals surface area contributed by atoms with Crippen molar-refractivity contribution in [2.75, 3.05) is 6.54 Å². The molecule has 0 amide bonds. The summed E-state index contributed by atoms with van der Waals surface area (Å²) < 4.78 is 1.86. The second kappa shape index (κ2) is 5.80. The Morgan fingerprint density at radius 1 is 1.28 bits per heavy atom. The minimum absolute atomic E-state index is 0.0428. The van der Waals surface area contributed by atoms with Crippen LogP contribution in [0.2, 0.25) is 0 Å². The first-order chi connectivity index (χ1) is 8.30. The fourth-order valence-corrected chi connectivity index (χ4v) is 1.63. The quantitative estimate of drug-likeness (QED) is 0.810. The van der Waals surface area contributed by atoms with Crippen LogP contribution in [-0.2, 0) is 12.1 Å². The summed E-state index contributed by atoms with van der Waals surface area (Å²) in [6.07, 6.45) is 3.46. The molecule has 2 N–H and O–H groups in total. The highest BCUT2D eigenvalue weighted by Gasteiger charge is 2.21. The van der Waals surface area contributed by atoms with Crippen molar-refractivity contribution in [3.05, 3.63) is 11.9 Å². The van der Waals surface area contributed by atoms with Crippen molar-refractivity contribution >= 4 is 0 Å². The maximum Gasteiger partial charge on any atom is 0.0965 e. The van der Waals surface area contributed by atoms with Gasteiger partial charge in [0.1, 0.15) is 0 Å². The molecule has 1 heterocycles. The van der Waals surface area contributed by atoms with Gasteiger partial charge in [-0.15, -0.1) is 5.10 Å². The van der Waals surface area contributed by atoms with Gasteiger partial charge in [0.15, 0.2) is 0 Å². The van der Waals surface area contributed by atoms with Crippen LogP contribution in [0.25, 0.3) is 0 Å². The van der Waals surface area contributed by atoms with Gasteiger partial charge in [-0.05, 0) is 33.6 Å². The van der Waals surface area contributed by atoms with E-state index in [1.165, 1.54) is 0 Å². The van der Waals surface area contributed by atoms with Gasteiger partial charge in [0, 0.05) is 13.1 Å². The number of aromatic nitrogens is 3. The number of hydrogen-bond acceptors (Lipinski definition) is 4. The first-order valence-electron chi connectivity index (χ1n) is 6.65. The third-order valence-corrected chi connectivity index (χ3v) is 3.30. The summed E-state index contributed by atoms with van der Waals surface area (Å²) in [5.41, 5.74) is 0.248. The van der Waals surface area contributed by atoms with Crippen molar-refractivity contribution in [3.63, 3.8) is 0 Å². The topological polar surface area (TPSA) is 63.0 Å². The normalized spacial score (nSPS) is 13.0. The summed E-state index contributed by atoms with van der Waals surface area (Å²) in [6, 6.07) is 0. The molecule has 18 heavy (non-hydrogen) atoms. The molecule has 0 fully saturated rings. The summed E-state index contributed by atoms with van der Waals surface area (Å²) in [5, 5.41) is 21.6. The molecule has 1 aromatic rings. The van der Waals surface area contributed by atoms with Gasteiger partial charge in [0.2, 0.25) is 0 Å². The maximum absolute atomic E-state index is 10.1. The van der Waals surface area contributed by atoms with E-state index >= 15 is 0 Å². The van der Waals surface area contributed by atoms with Gasteiger partial charge in [-0.3, -0.25) is 0 Å². The van der Waals surface area contributed by atoms with E-state index in [4.69, 9.17) is 0 Å². The third kappa shape index (κ3) is 4.07. The number of hydrogen-bond donors (Lipinski definition) is 2. The molecule has 1 rings (SSSR count). The molecule has 0 saturated heterocycles. The van der Waals surface area contributed by atoms with E-state index in [2.05, 4.69) is 36.4 Å². The molecule has 0 unspecified atom stereocenters. The Morgan fingerprint density at radius 2 is 1.89 bits per heavy atom.